The van der Waals surface area contributed by atoms with Gasteiger partial charge in [0.05, 0.1) is 11.3 Å². The molecule has 0 radical (unpaired) electrons. The highest BCUT2D eigenvalue weighted by molar-refractivity contribution is 7.99. The molecule has 0 saturated heterocycles. The van der Waals surface area contributed by atoms with Gasteiger partial charge in [-0.15, -0.1) is 0 Å². The molecule has 1 heterocycles. The van der Waals surface area contributed by atoms with Crippen molar-refractivity contribution in [1.29, 1.82) is 0 Å². The van der Waals surface area contributed by atoms with Gasteiger partial charge in [-0.25, -0.2) is 14.2 Å². The first kappa shape index (κ1) is 11.7. The van der Waals surface area contributed by atoms with Crippen LogP contribution in [-0.2, 0) is 0 Å². The minimum atomic E-state index is -1.18. The van der Waals surface area contributed by atoms with Crippen LogP contribution in [0.4, 0.5) is 4.39 Å². The molecular weight excluding hydrogens is 245 g/mol. The van der Waals surface area contributed by atoms with Gasteiger partial charge in [-0.2, -0.15) is 0 Å². The van der Waals surface area contributed by atoms with Crippen molar-refractivity contribution in [3.8, 4) is 0 Å². The zero-order chi connectivity index (χ0) is 12.4. The van der Waals surface area contributed by atoms with Gasteiger partial charge in [0.15, 0.2) is 0 Å². The summed E-state index contributed by atoms with van der Waals surface area (Å²) in [7, 11) is 0. The molecule has 1 N–H and O–H groups in total. The average molecular weight is 253 g/mol. The molecule has 1 aromatic heterocycles. The van der Waals surface area contributed by atoms with Crippen molar-refractivity contribution in [2.45, 2.75) is 17.0 Å². The molecule has 2 aromatic rings. The molecule has 88 valence electrons. The fraction of sp³-hybridized carbons (Fsp3) is 0.0909. The number of carboxylic acid groups (broad SMARTS) is 1. The fourth-order valence-corrected chi connectivity index (χ4v) is 2.10. The Balaban J connectivity index is 2.35. The highest BCUT2D eigenvalue weighted by Gasteiger charge is 2.14. The molecule has 0 aliphatic rings. The van der Waals surface area contributed by atoms with E-state index >= 15 is 0 Å². The number of carbonyl (C=O) groups is 1. The number of carboxylic acids is 1. The van der Waals surface area contributed by atoms with Gasteiger partial charge < -0.3 is 9.52 Å². The highest BCUT2D eigenvalue weighted by atomic mass is 32.2. The van der Waals surface area contributed by atoms with Crippen LogP contribution < -0.4 is 0 Å². The zero-order valence-corrected chi connectivity index (χ0v) is 9.62. The first-order valence-corrected chi connectivity index (χ1v) is 5.51. The zero-order valence-electron chi connectivity index (χ0n) is 8.81. The number of benzene rings is 1. The maximum atomic E-state index is 12.9. The SMILES string of the molecule is Cc1coc(Sc2ccc(F)cc2C(=O)O)n1. The van der Waals surface area contributed by atoms with Gasteiger partial charge >= 0.3 is 5.97 Å². The molecule has 0 atom stereocenters. The lowest BCUT2D eigenvalue weighted by Crippen LogP contribution is -1.99. The third-order valence-corrected chi connectivity index (χ3v) is 2.91. The largest absolute Gasteiger partial charge is 0.478 e. The molecule has 0 aliphatic heterocycles. The summed E-state index contributed by atoms with van der Waals surface area (Å²) in [6.07, 6.45) is 1.46. The molecule has 4 nitrogen and oxygen atoms in total. The van der Waals surface area contributed by atoms with E-state index in [1.165, 1.54) is 18.4 Å². The van der Waals surface area contributed by atoms with Gasteiger partial charge in [0.25, 0.3) is 5.22 Å². The third kappa shape index (κ3) is 2.65. The quantitative estimate of drug-likeness (QED) is 0.911. The van der Waals surface area contributed by atoms with Crippen LogP contribution in [0.5, 0.6) is 0 Å². The number of oxazole rings is 1. The summed E-state index contributed by atoms with van der Waals surface area (Å²) in [6.45, 7) is 1.76. The molecule has 0 amide bonds. The lowest BCUT2D eigenvalue weighted by atomic mass is 10.2. The number of hydrogen-bond acceptors (Lipinski definition) is 4. The number of nitrogens with zero attached hydrogens (tertiary/aromatic N) is 1. The Bertz CT molecular complexity index is 568. The summed E-state index contributed by atoms with van der Waals surface area (Å²) in [4.78, 5) is 15.4. The Morgan fingerprint density at radius 3 is 2.88 bits per heavy atom. The van der Waals surface area contributed by atoms with Gasteiger partial charge in [0.2, 0.25) is 0 Å². The first-order valence-electron chi connectivity index (χ1n) is 4.69. The van der Waals surface area contributed by atoms with E-state index in [9.17, 15) is 9.18 Å². The average Bonchev–Trinajstić information content (AvgIpc) is 2.66. The molecule has 17 heavy (non-hydrogen) atoms. The summed E-state index contributed by atoms with van der Waals surface area (Å²) >= 11 is 1.05. The van der Waals surface area contributed by atoms with E-state index in [2.05, 4.69) is 4.98 Å². The van der Waals surface area contributed by atoms with E-state index in [0.29, 0.717) is 15.8 Å². The van der Waals surface area contributed by atoms with E-state index in [1.807, 2.05) is 0 Å². The number of aromatic nitrogens is 1. The predicted molar refractivity (Wildman–Crippen MR) is 58.7 cm³/mol. The number of rotatable bonds is 3. The lowest BCUT2D eigenvalue weighted by Gasteiger charge is -2.02. The second kappa shape index (κ2) is 4.58. The normalized spacial score (nSPS) is 10.5. The first-order chi connectivity index (χ1) is 8.06. The summed E-state index contributed by atoms with van der Waals surface area (Å²) in [5.41, 5.74) is 0.595. The Morgan fingerprint density at radius 2 is 2.29 bits per heavy atom. The van der Waals surface area contributed by atoms with Crippen LogP contribution >= 0.6 is 11.8 Å². The predicted octanol–water partition coefficient (Wildman–Crippen LogP) is 2.97. The molecule has 0 aliphatic carbocycles. The van der Waals surface area contributed by atoms with Crippen molar-refractivity contribution in [2.75, 3.05) is 0 Å². The van der Waals surface area contributed by atoms with Gasteiger partial charge in [-0.1, -0.05) is 0 Å². The van der Waals surface area contributed by atoms with Crippen molar-refractivity contribution in [3.05, 3.63) is 41.5 Å². The van der Waals surface area contributed by atoms with Crippen molar-refractivity contribution in [3.63, 3.8) is 0 Å². The molecule has 1 aromatic carbocycles. The van der Waals surface area contributed by atoms with E-state index in [0.717, 1.165) is 17.8 Å². The number of aryl methyl sites for hydroxylation is 1. The van der Waals surface area contributed by atoms with E-state index < -0.39 is 11.8 Å². The summed E-state index contributed by atoms with van der Waals surface area (Å²) in [5, 5.41) is 9.27. The van der Waals surface area contributed by atoms with Crippen LogP contribution in [-0.4, -0.2) is 16.1 Å². The molecule has 0 unspecified atom stereocenters. The Labute approximate surface area is 100 Å². The summed E-state index contributed by atoms with van der Waals surface area (Å²) < 4.78 is 18.0. The number of halogens is 1. The van der Waals surface area contributed by atoms with Crippen LogP contribution in [0.1, 0.15) is 16.1 Å². The Hall–Kier alpha value is -1.82. The minimum absolute atomic E-state index is 0.106. The number of hydrogen-bond donors (Lipinski definition) is 1. The van der Waals surface area contributed by atoms with Crippen LogP contribution in [0.15, 0.2) is 39.0 Å². The topological polar surface area (TPSA) is 63.3 Å². The minimum Gasteiger partial charge on any atom is -0.478 e. The van der Waals surface area contributed by atoms with E-state index in [4.69, 9.17) is 9.52 Å². The molecular formula is C11H8FNO3S. The smallest absolute Gasteiger partial charge is 0.336 e. The highest BCUT2D eigenvalue weighted by Crippen LogP contribution is 2.30. The molecule has 6 heteroatoms. The van der Waals surface area contributed by atoms with Gasteiger partial charge in [-0.3, -0.25) is 0 Å². The van der Waals surface area contributed by atoms with Gasteiger partial charge in [-0.05, 0) is 36.9 Å². The second-order valence-electron chi connectivity index (χ2n) is 3.30. The summed E-state index contributed by atoms with van der Waals surface area (Å²) in [6, 6.07) is 3.56. The molecule has 0 spiro atoms. The summed E-state index contributed by atoms with van der Waals surface area (Å²) in [5.74, 6) is -1.77. The van der Waals surface area contributed by atoms with Crippen LogP contribution in [0.3, 0.4) is 0 Å². The molecule has 2 rings (SSSR count). The maximum Gasteiger partial charge on any atom is 0.336 e. The monoisotopic (exact) mass is 253 g/mol. The van der Waals surface area contributed by atoms with Gasteiger partial charge in [0, 0.05) is 4.90 Å². The fourth-order valence-electron chi connectivity index (χ4n) is 1.23. The lowest BCUT2D eigenvalue weighted by molar-refractivity contribution is 0.0692. The number of aromatic carboxylic acids is 1. The third-order valence-electron chi connectivity index (χ3n) is 1.97. The van der Waals surface area contributed by atoms with Crippen molar-refractivity contribution in [1.82, 2.24) is 4.98 Å². The molecule has 0 saturated carbocycles. The van der Waals surface area contributed by atoms with E-state index in [-0.39, 0.29) is 5.56 Å². The van der Waals surface area contributed by atoms with Gasteiger partial charge in [0.1, 0.15) is 12.1 Å². The second-order valence-corrected chi connectivity index (χ2v) is 4.30. The maximum absolute atomic E-state index is 12.9. The van der Waals surface area contributed by atoms with Crippen molar-refractivity contribution >= 4 is 17.7 Å². The van der Waals surface area contributed by atoms with Crippen molar-refractivity contribution < 1.29 is 18.7 Å². The van der Waals surface area contributed by atoms with Crippen LogP contribution in [0.25, 0.3) is 0 Å². The molecule has 0 fully saturated rings. The Morgan fingerprint density at radius 1 is 1.53 bits per heavy atom. The molecule has 0 bridgehead atoms. The van der Waals surface area contributed by atoms with Crippen LogP contribution in [0.2, 0.25) is 0 Å². The standard InChI is InChI=1S/C11H8FNO3S/c1-6-5-16-11(13-6)17-9-3-2-7(12)4-8(9)10(14)15/h2-5H,1H3,(H,14,15). The van der Waals surface area contributed by atoms with Crippen molar-refractivity contribution in [2.24, 2.45) is 0 Å². The van der Waals surface area contributed by atoms with E-state index in [1.54, 1.807) is 6.92 Å². The van der Waals surface area contributed by atoms with Crippen LogP contribution in [0, 0.1) is 12.7 Å². The Kier molecular flexibility index (Phi) is 3.14.